The van der Waals surface area contributed by atoms with Crippen molar-refractivity contribution in [2.24, 2.45) is 0 Å². The highest BCUT2D eigenvalue weighted by molar-refractivity contribution is 5.91. The fourth-order valence-corrected chi connectivity index (χ4v) is 0.396. The number of carboxylic acid groups (broad SMARTS) is 1. The number of hydrogen-bond donors (Lipinski definition) is 1. The van der Waals surface area contributed by atoms with Crippen molar-refractivity contribution in [1.82, 2.24) is 0 Å². The average Bonchev–Trinajstić information content (AvgIpc) is 2.03. The van der Waals surface area contributed by atoms with Crippen molar-refractivity contribution in [2.75, 3.05) is 0 Å². The lowest BCUT2D eigenvalue weighted by molar-refractivity contribution is -0.132. The number of carbonyl (C=O) groups is 1. The highest BCUT2D eigenvalue weighted by Crippen LogP contribution is 2.08. The van der Waals surface area contributed by atoms with Gasteiger partial charge in [0.15, 0.2) is 0 Å². The summed E-state index contributed by atoms with van der Waals surface area (Å²) in [7, 11) is 0. The molecule has 0 unspecified atom stereocenters. The van der Waals surface area contributed by atoms with E-state index in [1.165, 1.54) is 6.08 Å². The third-order valence-electron chi connectivity index (χ3n) is 0.807. The Hall–Kier alpha value is -1.38. The molecule has 0 saturated carbocycles. The van der Waals surface area contributed by atoms with E-state index in [1.807, 2.05) is 13.8 Å². The molecule has 0 atom stereocenters. The lowest BCUT2D eigenvalue weighted by atomic mass is 10.2. The molecule has 0 amide bonds. The zero-order chi connectivity index (χ0) is 10.1. The molecule has 0 aliphatic rings. The van der Waals surface area contributed by atoms with Crippen LogP contribution in [0.25, 0.3) is 0 Å². The van der Waals surface area contributed by atoms with E-state index in [4.69, 9.17) is 5.11 Å². The number of rotatable bonds is 3. The van der Waals surface area contributed by atoms with Crippen LogP contribution in [0.15, 0.2) is 36.7 Å². The normalized spacial score (nSPS) is 9.42. The molecule has 68 valence electrons. The van der Waals surface area contributed by atoms with E-state index in [-0.39, 0.29) is 0 Å². The largest absolute Gasteiger partial charge is 0.478 e. The van der Waals surface area contributed by atoms with Gasteiger partial charge in [-0.1, -0.05) is 33.1 Å². The molecule has 0 spiro atoms. The van der Waals surface area contributed by atoms with E-state index in [9.17, 15) is 9.18 Å². The molecule has 0 heterocycles. The second-order valence-corrected chi connectivity index (χ2v) is 1.53. The molecule has 0 aliphatic heterocycles. The predicted molar refractivity (Wildman–Crippen MR) is 47.5 cm³/mol. The maximum Gasteiger partial charge on any atom is 0.338 e. The van der Waals surface area contributed by atoms with Crippen molar-refractivity contribution in [3.8, 4) is 0 Å². The Morgan fingerprint density at radius 2 is 1.92 bits per heavy atom. The van der Waals surface area contributed by atoms with Gasteiger partial charge in [-0.15, -0.1) is 0 Å². The second-order valence-electron chi connectivity index (χ2n) is 1.53. The van der Waals surface area contributed by atoms with Crippen LogP contribution in [0.2, 0.25) is 0 Å². The van der Waals surface area contributed by atoms with Gasteiger partial charge in [-0.2, -0.15) is 0 Å². The summed E-state index contributed by atoms with van der Waals surface area (Å²) in [5.74, 6) is -2.31. The van der Waals surface area contributed by atoms with Gasteiger partial charge in [0.25, 0.3) is 0 Å². The third kappa shape index (κ3) is 5.41. The van der Waals surface area contributed by atoms with Gasteiger partial charge in [-0.25, -0.2) is 9.18 Å². The first-order chi connectivity index (χ1) is 5.59. The highest BCUT2D eigenvalue weighted by atomic mass is 19.1. The van der Waals surface area contributed by atoms with Gasteiger partial charge < -0.3 is 5.11 Å². The molecule has 0 fully saturated rings. The number of allylic oxidation sites excluding steroid dienone is 2. The van der Waals surface area contributed by atoms with Crippen molar-refractivity contribution in [2.45, 2.75) is 13.8 Å². The van der Waals surface area contributed by atoms with Crippen LogP contribution in [0, 0.1) is 0 Å². The molecule has 0 aromatic carbocycles. The second kappa shape index (κ2) is 7.72. The Morgan fingerprint density at radius 3 is 2.00 bits per heavy atom. The fraction of sp³-hybridized carbons (Fsp3) is 0.222. The van der Waals surface area contributed by atoms with E-state index in [1.54, 1.807) is 0 Å². The minimum Gasteiger partial charge on any atom is -0.478 e. The van der Waals surface area contributed by atoms with E-state index >= 15 is 0 Å². The summed E-state index contributed by atoms with van der Waals surface area (Å²) in [6, 6.07) is 0. The summed E-state index contributed by atoms with van der Waals surface area (Å²) in [5.41, 5.74) is -0.463. The fourth-order valence-electron chi connectivity index (χ4n) is 0.396. The van der Waals surface area contributed by atoms with Gasteiger partial charge in [0.2, 0.25) is 0 Å². The monoisotopic (exact) mass is 172 g/mol. The summed E-state index contributed by atoms with van der Waals surface area (Å²) >= 11 is 0. The smallest absolute Gasteiger partial charge is 0.338 e. The first kappa shape index (κ1) is 13.2. The van der Waals surface area contributed by atoms with Crippen LogP contribution in [0.5, 0.6) is 0 Å². The van der Waals surface area contributed by atoms with E-state index in [2.05, 4.69) is 13.2 Å². The molecule has 0 rings (SSSR count). The van der Waals surface area contributed by atoms with E-state index in [0.29, 0.717) is 0 Å². The number of aliphatic carboxylic acids is 1. The molecule has 0 aliphatic carbocycles. The Morgan fingerprint density at radius 1 is 1.50 bits per heavy atom. The van der Waals surface area contributed by atoms with Gasteiger partial charge in [-0.05, 0) is 6.08 Å². The van der Waals surface area contributed by atoms with Gasteiger partial charge >= 0.3 is 5.97 Å². The van der Waals surface area contributed by atoms with Gasteiger partial charge in [0, 0.05) is 0 Å². The summed E-state index contributed by atoms with van der Waals surface area (Å²) < 4.78 is 12.1. The van der Waals surface area contributed by atoms with Crippen molar-refractivity contribution in [3.63, 3.8) is 0 Å². The zero-order valence-corrected chi connectivity index (χ0v) is 7.30. The molecule has 0 radical (unpaired) electrons. The van der Waals surface area contributed by atoms with Crippen LogP contribution in [0.3, 0.4) is 0 Å². The highest BCUT2D eigenvalue weighted by Gasteiger charge is 2.08. The number of hydrogen-bond acceptors (Lipinski definition) is 1. The molecule has 1 N–H and O–H groups in total. The molecule has 0 bridgehead atoms. The van der Waals surface area contributed by atoms with Crippen molar-refractivity contribution < 1.29 is 14.3 Å². The maximum atomic E-state index is 12.1. The molecule has 0 aromatic rings. The predicted octanol–water partition coefficient (Wildman–Crippen LogP) is 2.69. The SMILES string of the molecule is C=C/C=C(\C(=C)F)C(=O)O.CC. The summed E-state index contributed by atoms with van der Waals surface area (Å²) in [6.45, 7) is 10.0. The van der Waals surface area contributed by atoms with Crippen LogP contribution >= 0.6 is 0 Å². The Bertz CT molecular complexity index is 189. The topological polar surface area (TPSA) is 37.3 Å². The molecule has 3 heteroatoms. The van der Waals surface area contributed by atoms with E-state index < -0.39 is 17.4 Å². The van der Waals surface area contributed by atoms with Crippen LogP contribution in [0.4, 0.5) is 4.39 Å². The lowest BCUT2D eigenvalue weighted by Gasteiger charge is -1.92. The van der Waals surface area contributed by atoms with Crippen LogP contribution < -0.4 is 0 Å². The first-order valence-corrected chi connectivity index (χ1v) is 3.50. The van der Waals surface area contributed by atoms with Crippen LogP contribution in [0.1, 0.15) is 13.8 Å². The quantitative estimate of drug-likeness (QED) is 0.525. The zero-order valence-electron chi connectivity index (χ0n) is 7.30. The number of carboxylic acids is 1. The standard InChI is InChI=1S/C7H7FO2.C2H6/c1-3-4-6(5(2)8)7(9)10;1-2/h3-4H,1-2H2,(H,9,10);1-2H3/b6-4+;. The minimum absolute atomic E-state index is 0.463. The van der Waals surface area contributed by atoms with Crippen molar-refractivity contribution in [3.05, 3.63) is 36.7 Å². The maximum absolute atomic E-state index is 12.1. The molecule has 2 nitrogen and oxygen atoms in total. The average molecular weight is 172 g/mol. The Kier molecular flexibility index (Phi) is 8.51. The van der Waals surface area contributed by atoms with E-state index in [0.717, 1.165) is 6.08 Å². The van der Waals surface area contributed by atoms with Crippen LogP contribution in [-0.4, -0.2) is 11.1 Å². The first-order valence-electron chi connectivity index (χ1n) is 3.50. The van der Waals surface area contributed by atoms with Crippen molar-refractivity contribution in [1.29, 1.82) is 0 Å². The molecule has 12 heavy (non-hydrogen) atoms. The number of halogens is 1. The molecule has 0 saturated heterocycles. The third-order valence-corrected chi connectivity index (χ3v) is 0.807. The lowest BCUT2D eigenvalue weighted by Crippen LogP contribution is -1.99. The molecule has 0 aromatic heterocycles. The Labute approximate surface area is 71.7 Å². The summed E-state index contributed by atoms with van der Waals surface area (Å²) in [4.78, 5) is 10.1. The Balaban J connectivity index is 0. The van der Waals surface area contributed by atoms with Gasteiger partial charge in [0.1, 0.15) is 5.83 Å². The van der Waals surface area contributed by atoms with Crippen LogP contribution in [-0.2, 0) is 4.79 Å². The molecular formula is C9H13FO2. The van der Waals surface area contributed by atoms with Gasteiger partial charge in [-0.3, -0.25) is 0 Å². The summed E-state index contributed by atoms with van der Waals surface area (Å²) in [6.07, 6.45) is 2.24. The molecular weight excluding hydrogens is 159 g/mol. The van der Waals surface area contributed by atoms with Crippen molar-refractivity contribution >= 4 is 5.97 Å². The van der Waals surface area contributed by atoms with Gasteiger partial charge in [0.05, 0.1) is 5.57 Å². The summed E-state index contributed by atoms with van der Waals surface area (Å²) in [5, 5.41) is 8.26. The minimum atomic E-state index is -1.34.